The van der Waals surface area contributed by atoms with Crippen LogP contribution in [0.5, 0.6) is 0 Å². The summed E-state index contributed by atoms with van der Waals surface area (Å²) in [6, 6.07) is -0.625. The highest BCUT2D eigenvalue weighted by atomic mass is 16.5. The number of amides is 1. The summed E-state index contributed by atoms with van der Waals surface area (Å²) >= 11 is 0. The van der Waals surface area contributed by atoms with Gasteiger partial charge in [0.25, 0.3) is 0 Å². The topological polar surface area (TPSA) is 95.9 Å². The summed E-state index contributed by atoms with van der Waals surface area (Å²) in [5.74, 6) is -0.0624. The van der Waals surface area contributed by atoms with E-state index in [1.165, 1.54) is 276 Å². The quantitative estimate of drug-likeness (QED) is 0.0320. The van der Waals surface area contributed by atoms with Gasteiger partial charge in [0.15, 0.2) is 0 Å². The molecular weight excluding hydrogens is 923 g/mol. The van der Waals surface area contributed by atoms with Crippen LogP contribution in [0.2, 0.25) is 0 Å². The van der Waals surface area contributed by atoms with E-state index in [1.54, 1.807) is 6.08 Å². The maximum Gasteiger partial charge on any atom is 0.305 e. The van der Waals surface area contributed by atoms with E-state index in [2.05, 4.69) is 55.6 Å². The van der Waals surface area contributed by atoms with Crippen LogP contribution >= 0.6 is 0 Å². The van der Waals surface area contributed by atoms with Gasteiger partial charge in [-0.2, -0.15) is 0 Å². The number of aliphatic hydroxyl groups is 2. The van der Waals surface area contributed by atoms with E-state index in [4.69, 9.17) is 4.74 Å². The number of carbonyl (C=O) groups is 2. The van der Waals surface area contributed by atoms with Crippen molar-refractivity contribution in [2.45, 2.75) is 366 Å². The first-order valence-corrected chi connectivity index (χ1v) is 33.4. The van der Waals surface area contributed by atoms with Gasteiger partial charge in [-0.05, 0) is 83.5 Å². The van der Waals surface area contributed by atoms with Crippen LogP contribution in [0.15, 0.2) is 48.6 Å². The third-order valence-corrected chi connectivity index (χ3v) is 15.3. The SMILES string of the molecule is CCCC/C=C\C/C=C\CCCCCCCC(=O)OCCCCCCCCCCCCCC/C=C\CCCCCCCCCCCCCCCCCCC(=O)NC(CO)C(O)/C=C/CCCCCCCCCCCC. The average Bonchev–Trinajstić information content (AvgIpc) is 3.41. The van der Waals surface area contributed by atoms with E-state index in [-0.39, 0.29) is 18.5 Å². The van der Waals surface area contributed by atoms with Gasteiger partial charge in [-0.15, -0.1) is 0 Å². The zero-order valence-corrected chi connectivity index (χ0v) is 50.3. The van der Waals surface area contributed by atoms with Crippen molar-refractivity contribution in [1.29, 1.82) is 0 Å². The summed E-state index contributed by atoms with van der Waals surface area (Å²) in [7, 11) is 0. The van der Waals surface area contributed by atoms with Gasteiger partial charge >= 0.3 is 5.97 Å². The minimum atomic E-state index is -0.842. The third kappa shape index (κ3) is 60.9. The molecule has 0 heterocycles. The number of nitrogens with one attached hydrogen (secondary N) is 1. The maximum absolute atomic E-state index is 12.4. The molecule has 0 saturated carbocycles. The van der Waals surface area contributed by atoms with E-state index in [0.717, 1.165) is 51.4 Å². The van der Waals surface area contributed by atoms with Gasteiger partial charge in [-0.25, -0.2) is 0 Å². The lowest BCUT2D eigenvalue weighted by atomic mass is 10.0. The van der Waals surface area contributed by atoms with Gasteiger partial charge in [-0.1, -0.05) is 306 Å². The minimum Gasteiger partial charge on any atom is -0.466 e. The molecule has 75 heavy (non-hydrogen) atoms. The van der Waals surface area contributed by atoms with Crippen LogP contribution in [0.4, 0.5) is 0 Å². The van der Waals surface area contributed by atoms with Gasteiger partial charge in [0.2, 0.25) is 5.91 Å². The largest absolute Gasteiger partial charge is 0.466 e. The molecule has 0 aromatic rings. The van der Waals surface area contributed by atoms with E-state index in [1.807, 2.05) is 6.08 Å². The molecule has 0 aliphatic heterocycles. The first-order valence-electron chi connectivity index (χ1n) is 33.4. The molecule has 0 fully saturated rings. The molecule has 0 aliphatic rings. The lowest BCUT2D eigenvalue weighted by Crippen LogP contribution is -2.45. The molecule has 6 nitrogen and oxygen atoms in total. The maximum atomic E-state index is 12.4. The van der Waals surface area contributed by atoms with Crippen LogP contribution in [-0.2, 0) is 14.3 Å². The zero-order chi connectivity index (χ0) is 54.3. The normalized spacial score (nSPS) is 12.9. The van der Waals surface area contributed by atoms with Gasteiger partial charge in [0.1, 0.15) is 0 Å². The van der Waals surface area contributed by atoms with E-state index >= 15 is 0 Å². The van der Waals surface area contributed by atoms with E-state index < -0.39 is 12.1 Å². The number of esters is 1. The number of ether oxygens (including phenoxy) is 1. The van der Waals surface area contributed by atoms with E-state index in [0.29, 0.717) is 19.4 Å². The number of allylic oxidation sites excluding steroid dienone is 7. The molecule has 440 valence electrons. The Morgan fingerprint density at radius 2 is 0.680 bits per heavy atom. The van der Waals surface area contributed by atoms with Crippen molar-refractivity contribution < 1.29 is 24.5 Å². The number of hydrogen-bond donors (Lipinski definition) is 3. The number of rotatable bonds is 62. The van der Waals surface area contributed by atoms with Crippen LogP contribution in [-0.4, -0.2) is 47.4 Å². The molecule has 6 heteroatoms. The second-order valence-corrected chi connectivity index (χ2v) is 22.8. The molecule has 1 amide bonds. The van der Waals surface area contributed by atoms with Crippen molar-refractivity contribution in [3.63, 3.8) is 0 Å². The summed E-state index contributed by atoms with van der Waals surface area (Å²) in [4.78, 5) is 24.5. The smallest absolute Gasteiger partial charge is 0.305 e. The highest BCUT2D eigenvalue weighted by molar-refractivity contribution is 5.76. The average molecular weight is 1050 g/mol. The van der Waals surface area contributed by atoms with E-state index in [9.17, 15) is 19.8 Å². The number of unbranched alkanes of at least 4 members (excludes halogenated alkanes) is 45. The molecule has 0 aromatic carbocycles. The monoisotopic (exact) mass is 1050 g/mol. The van der Waals surface area contributed by atoms with Crippen LogP contribution in [0.25, 0.3) is 0 Å². The molecule has 0 radical (unpaired) electrons. The van der Waals surface area contributed by atoms with Crippen LogP contribution in [0.3, 0.4) is 0 Å². The Balaban J connectivity index is 3.36. The molecule has 0 spiro atoms. The van der Waals surface area contributed by atoms with Crippen LogP contribution < -0.4 is 5.32 Å². The van der Waals surface area contributed by atoms with Crippen molar-refractivity contribution >= 4 is 11.9 Å². The second kappa shape index (κ2) is 64.3. The molecule has 2 unspecified atom stereocenters. The van der Waals surface area contributed by atoms with Gasteiger partial charge < -0.3 is 20.3 Å². The van der Waals surface area contributed by atoms with Gasteiger partial charge in [0.05, 0.1) is 25.4 Å². The fourth-order valence-corrected chi connectivity index (χ4v) is 10.2. The van der Waals surface area contributed by atoms with Gasteiger partial charge in [0, 0.05) is 12.8 Å². The Bertz CT molecular complexity index is 1260. The highest BCUT2D eigenvalue weighted by Gasteiger charge is 2.18. The Kier molecular flexibility index (Phi) is 62.5. The summed E-state index contributed by atoms with van der Waals surface area (Å²) < 4.78 is 5.48. The Hall–Kier alpha value is -2.18. The molecule has 0 rings (SSSR count). The Morgan fingerprint density at radius 1 is 0.373 bits per heavy atom. The summed E-state index contributed by atoms with van der Waals surface area (Å²) in [5, 5.41) is 23.1. The van der Waals surface area contributed by atoms with Crippen molar-refractivity contribution in [2.75, 3.05) is 13.2 Å². The fourth-order valence-electron chi connectivity index (χ4n) is 10.2. The molecule has 0 bridgehead atoms. The first-order chi connectivity index (χ1) is 37.0. The molecule has 0 saturated heterocycles. The Labute approximate surface area is 467 Å². The first kappa shape index (κ1) is 72.8. The fraction of sp³-hybridized carbons (Fsp3) is 0.855. The van der Waals surface area contributed by atoms with Crippen LogP contribution in [0.1, 0.15) is 354 Å². The lowest BCUT2D eigenvalue weighted by Gasteiger charge is -2.20. The number of aliphatic hydroxyl groups excluding tert-OH is 2. The summed E-state index contributed by atoms with van der Waals surface area (Å²) in [6.07, 6.45) is 83.3. The zero-order valence-electron chi connectivity index (χ0n) is 50.3. The standard InChI is InChI=1S/C69H129NO5/c1-3-5-7-9-11-13-15-17-39-43-47-51-55-59-63-69(74)75-64-60-56-52-48-44-40-37-35-33-31-29-27-25-23-21-19-18-20-22-24-26-28-30-32-34-36-38-42-46-50-54-58-62-68(73)70-66(65-71)67(72)61-57-53-49-45-41-16-14-12-10-8-6-4-2/h9,11,15,17,21,23,57,61,66-67,71-72H,3-8,10,12-14,16,18-20,22,24-56,58-60,62-65H2,1-2H3,(H,70,73)/b11-9-,17-15-,23-21-,61-57+. The van der Waals surface area contributed by atoms with Crippen molar-refractivity contribution in [1.82, 2.24) is 5.32 Å². The molecule has 2 atom stereocenters. The molecule has 3 N–H and O–H groups in total. The Morgan fingerprint density at radius 3 is 1.07 bits per heavy atom. The third-order valence-electron chi connectivity index (χ3n) is 15.3. The second-order valence-electron chi connectivity index (χ2n) is 22.8. The highest BCUT2D eigenvalue weighted by Crippen LogP contribution is 2.17. The predicted octanol–water partition coefficient (Wildman–Crippen LogP) is 21.3. The summed E-state index contributed by atoms with van der Waals surface area (Å²) in [6.45, 7) is 4.86. The molecular formula is C69H129NO5. The number of hydrogen-bond acceptors (Lipinski definition) is 5. The van der Waals surface area contributed by atoms with Gasteiger partial charge in [-0.3, -0.25) is 9.59 Å². The molecule has 0 aromatic heterocycles. The minimum absolute atomic E-state index is 0.00303. The number of carbonyl (C=O) groups excluding carboxylic acids is 2. The van der Waals surface area contributed by atoms with Crippen molar-refractivity contribution in [3.8, 4) is 0 Å². The van der Waals surface area contributed by atoms with Crippen molar-refractivity contribution in [2.24, 2.45) is 0 Å². The molecule has 0 aliphatic carbocycles. The predicted molar refractivity (Wildman–Crippen MR) is 329 cm³/mol. The van der Waals surface area contributed by atoms with Crippen LogP contribution in [0, 0.1) is 0 Å². The van der Waals surface area contributed by atoms with Crippen molar-refractivity contribution in [3.05, 3.63) is 48.6 Å². The lowest BCUT2D eigenvalue weighted by molar-refractivity contribution is -0.143. The summed E-state index contributed by atoms with van der Waals surface area (Å²) in [5.41, 5.74) is 0.